The highest BCUT2D eigenvalue weighted by Gasteiger charge is 2.32. The van der Waals surface area contributed by atoms with Crippen LogP contribution in [0.5, 0.6) is 0 Å². The number of rotatable bonds is 7. The first-order valence-electron chi connectivity index (χ1n) is 5.73. The summed E-state index contributed by atoms with van der Waals surface area (Å²) in [6.45, 7) is 6.39. The molecule has 0 N–H and O–H groups in total. The van der Waals surface area contributed by atoms with E-state index in [1.54, 1.807) is 13.8 Å². The molecule has 0 amide bonds. The molecular weight excluding hydrogens is 229 g/mol. The molecule has 1 atom stereocenters. The molecule has 0 aromatic carbocycles. The van der Waals surface area contributed by atoms with Gasteiger partial charge in [0.2, 0.25) is 0 Å². The molecule has 1 aliphatic heterocycles. The standard InChI is InChI=1S/C10H20NO4P/c1-4-9-7-10(15-11-9)8-16(12,13-5-2)14-6-3/h10H,4-8H2,1-3H3. The first-order chi connectivity index (χ1) is 7.63. The molecule has 0 saturated carbocycles. The maximum Gasteiger partial charge on any atom is 0.334 e. The van der Waals surface area contributed by atoms with Crippen molar-refractivity contribution in [1.82, 2.24) is 0 Å². The summed E-state index contributed by atoms with van der Waals surface area (Å²) in [4.78, 5) is 5.20. The van der Waals surface area contributed by atoms with Gasteiger partial charge >= 0.3 is 7.60 Å². The van der Waals surface area contributed by atoms with E-state index in [0.717, 1.165) is 18.6 Å². The van der Waals surface area contributed by atoms with Crippen molar-refractivity contribution >= 4 is 13.3 Å². The Morgan fingerprint density at radius 3 is 2.44 bits per heavy atom. The van der Waals surface area contributed by atoms with E-state index in [1.165, 1.54) is 0 Å². The van der Waals surface area contributed by atoms with Gasteiger partial charge in [0.05, 0.1) is 25.1 Å². The Morgan fingerprint density at radius 2 is 2.00 bits per heavy atom. The highest BCUT2D eigenvalue weighted by atomic mass is 31.2. The molecule has 1 unspecified atom stereocenters. The van der Waals surface area contributed by atoms with Crippen LogP contribution in [-0.4, -0.2) is 31.2 Å². The van der Waals surface area contributed by atoms with Crippen LogP contribution in [0.3, 0.4) is 0 Å². The maximum absolute atomic E-state index is 12.2. The monoisotopic (exact) mass is 249 g/mol. The van der Waals surface area contributed by atoms with Crippen molar-refractivity contribution in [2.45, 2.75) is 39.7 Å². The third-order valence-electron chi connectivity index (χ3n) is 2.28. The smallest absolute Gasteiger partial charge is 0.334 e. The van der Waals surface area contributed by atoms with Crippen LogP contribution in [0.25, 0.3) is 0 Å². The Bertz CT molecular complexity index is 283. The average Bonchev–Trinajstić information content (AvgIpc) is 2.65. The minimum absolute atomic E-state index is 0.168. The van der Waals surface area contributed by atoms with Gasteiger partial charge in [0.1, 0.15) is 6.10 Å². The molecule has 6 heteroatoms. The van der Waals surface area contributed by atoms with Crippen molar-refractivity contribution < 1.29 is 18.5 Å². The van der Waals surface area contributed by atoms with E-state index in [0.29, 0.717) is 13.2 Å². The fourth-order valence-electron chi connectivity index (χ4n) is 1.58. The minimum Gasteiger partial charge on any atom is -0.391 e. The molecule has 0 fully saturated rings. The van der Waals surface area contributed by atoms with Gasteiger partial charge in [0.15, 0.2) is 0 Å². The lowest BCUT2D eigenvalue weighted by Crippen LogP contribution is -2.16. The van der Waals surface area contributed by atoms with E-state index in [-0.39, 0.29) is 12.3 Å². The fourth-order valence-corrected chi connectivity index (χ4v) is 3.35. The zero-order valence-electron chi connectivity index (χ0n) is 10.1. The van der Waals surface area contributed by atoms with E-state index < -0.39 is 7.60 Å². The molecular formula is C10H20NO4P. The largest absolute Gasteiger partial charge is 0.391 e. The van der Waals surface area contributed by atoms with Crippen molar-refractivity contribution in [3.63, 3.8) is 0 Å². The van der Waals surface area contributed by atoms with Crippen molar-refractivity contribution in [3.8, 4) is 0 Å². The quantitative estimate of drug-likeness (QED) is 0.651. The van der Waals surface area contributed by atoms with E-state index >= 15 is 0 Å². The second kappa shape index (κ2) is 6.38. The second-order valence-electron chi connectivity index (χ2n) is 3.57. The van der Waals surface area contributed by atoms with E-state index in [2.05, 4.69) is 5.16 Å². The molecule has 0 radical (unpaired) electrons. The van der Waals surface area contributed by atoms with Crippen LogP contribution >= 0.6 is 7.60 Å². The number of oxime groups is 1. The minimum atomic E-state index is -3.00. The summed E-state index contributed by atoms with van der Waals surface area (Å²) in [7, 11) is -3.00. The van der Waals surface area contributed by atoms with Gasteiger partial charge in [0.25, 0.3) is 0 Å². The molecule has 0 saturated heterocycles. The van der Waals surface area contributed by atoms with Crippen LogP contribution in [-0.2, 0) is 18.5 Å². The Morgan fingerprint density at radius 1 is 1.38 bits per heavy atom. The summed E-state index contributed by atoms with van der Waals surface area (Å²) < 4.78 is 22.6. The Kier molecular flexibility index (Phi) is 5.46. The Balaban J connectivity index is 2.48. The predicted octanol–water partition coefficient (Wildman–Crippen LogP) is 2.81. The summed E-state index contributed by atoms with van der Waals surface area (Å²) in [5.41, 5.74) is 1.00. The summed E-state index contributed by atoms with van der Waals surface area (Å²) in [5.74, 6) is 0. The van der Waals surface area contributed by atoms with Crippen LogP contribution < -0.4 is 0 Å². The molecule has 0 aromatic rings. The van der Waals surface area contributed by atoms with Crippen molar-refractivity contribution in [1.29, 1.82) is 0 Å². The number of hydrogen-bond acceptors (Lipinski definition) is 5. The van der Waals surface area contributed by atoms with Gasteiger partial charge in [-0.15, -0.1) is 0 Å². The normalized spacial score (nSPS) is 20.7. The highest BCUT2D eigenvalue weighted by Crippen LogP contribution is 2.49. The van der Waals surface area contributed by atoms with Gasteiger partial charge in [-0.05, 0) is 20.3 Å². The molecule has 5 nitrogen and oxygen atoms in total. The highest BCUT2D eigenvalue weighted by molar-refractivity contribution is 7.53. The molecule has 1 rings (SSSR count). The van der Waals surface area contributed by atoms with Gasteiger partial charge < -0.3 is 13.9 Å². The molecule has 0 aromatic heterocycles. The predicted molar refractivity (Wildman–Crippen MR) is 62.9 cm³/mol. The zero-order chi connectivity index (χ0) is 12.0. The first-order valence-corrected chi connectivity index (χ1v) is 7.46. The lowest BCUT2D eigenvalue weighted by atomic mass is 10.2. The Labute approximate surface area is 96.7 Å². The van der Waals surface area contributed by atoms with Crippen molar-refractivity contribution in [3.05, 3.63) is 0 Å². The third kappa shape index (κ3) is 3.89. The summed E-state index contributed by atoms with van der Waals surface area (Å²) in [6.07, 6.45) is 1.70. The molecule has 94 valence electrons. The van der Waals surface area contributed by atoms with Gasteiger partial charge in [-0.1, -0.05) is 12.1 Å². The lowest BCUT2D eigenvalue weighted by Gasteiger charge is -2.19. The second-order valence-corrected chi connectivity index (χ2v) is 5.67. The van der Waals surface area contributed by atoms with E-state index in [9.17, 15) is 4.57 Å². The van der Waals surface area contributed by atoms with Gasteiger partial charge in [-0.2, -0.15) is 0 Å². The summed E-state index contributed by atoms with van der Waals surface area (Å²) in [6, 6.07) is 0. The van der Waals surface area contributed by atoms with Crippen LogP contribution in [0.15, 0.2) is 5.16 Å². The first kappa shape index (κ1) is 13.7. The van der Waals surface area contributed by atoms with Crippen LogP contribution in [0.4, 0.5) is 0 Å². The zero-order valence-corrected chi connectivity index (χ0v) is 11.0. The molecule has 16 heavy (non-hydrogen) atoms. The number of hydrogen-bond donors (Lipinski definition) is 0. The molecule has 1 heterocycles. The Hall–Kier alpha value is -0.380. The van der Waals surface area contributed by atoms with E-state index in [4.69, 9.17) is 13.9 Å². The van der Waals surface area contributed by atoms with Crippen LogP contribution in [0, 0.1) is 0 Å². The summed E-state index contributed by atoms with van der Waals surface area (Å²) in [5, 5.41) is 3.92. The molecule has 0 aliphatic carbocycles. The topological polar surface area (TPSA) is 57.1 Å². The average molecular weight is 249 g/mol. The van der Waals surface area contributed by atoms with Crippen molar-refractivity contribution in [2.75, 3.05) is 19.4 Å². The van der Waals surface area contributed by atoms with Gasteiger partial charge in [-0.3, -0.25) is 4.57 Å². The fraction of sp³-hybridized carbons (Fsp3) is 0.900. The van der Waals surface area contributed by atoms with Gasteiger partial charge in [-0.25, -0.2) is 0 Å². The SMILES string of the molecule is CCOP(=O)(CC1CC(CC)=NO1)OCC. The van der Waals surface area contributed by atoms with Gasteiger partial charge in [0, 0.05) is 6.42 Å². The third-order valence-corrected chi connectivity index (χ3v) is 4.44. The lowest BCUT2D eigenvalue weighted by molar-refractivity contribution is 0.0934. The van der Waals surface area contributed by atoms with Crippen LogP contribution in [0.1, 0.15) is 33.6 Å². The molecule has 1 aliphatic rings. The van der Waals surface area contributed by atoms with Crippen molar-refractivity contribution in [2.24, 2.45) is 5.16 Å². The molecule has 0 spiro atoms. The van der Waals surface area contributed by atoms with Crippen LogP contribution in [0.2, 0.25) is 0 Å². The van der Waals surface area contributed by atoms with E-state index in [1.807, 2.05) is 6.92 Å². The summed E-state index contributed by atoms with van der Waals surface area (Å²) >= 11 is 0. The molecule has 0 bridgehead atoms. The number of nitrogens with zero attached hydrogens (tertiary/aromatic N) is 1. The maximum atomic E-state index is 12.2.